The number of nitriles is 1. The highest BCUT2D eigenvalue weighted by molar-refractivity contribution is 7.07. The highest BCUT2D eigenvalue weighted by Gasteiger charge is 2.20. The Balaban J connectivity index is 1.67. The van der Waals surface area contributed by atoms with Gasteiger partial charge in [-0.2, -0.15) is 5.26 Å². The van der Waals surface area contributed by atoms with Crippen molar-refractivity contribution in [3.8, 4) is 6.07 Å². The van der Waals surface area contributed by atoms with Crippen LogP contribution in [0.15, 0.2) is 53.3 Å². The van der Waals surface area contributed by atoms with E-state index in [1.54, 1.807) is 18.2 Å². The largest absolute Gasteiger partial charge is 0.477 e. The minimum absolute atomic E-state index is 0.0786. The Morgan fingerprint density at radius 1 is 1.12 bits per heavy atom. The van der Waals surface area contributed by atoms with Gasteiger partial charge in [0.1, 0.15) is 10.7 Å². The van der Waals surface area contributed by atoms with Gasteiger partial charge < -0.3 is 14.7 Å². The van der Waals surface area contributed by atoms with Gasteiger partial charge in [-0.05, 0) is 60.2 Å². The van der Waals surface area contributed by atoms with Crippen LogP contribution in [0.3, 0.4) is 0 Å². The van der Waals surface area contributed by atoms with E-state index in [2.05, 4.69) is 59.0 Å². The van der Waals surface area contributed by atoms with Gasteiger partial charge in [0.05, 0.1) is 4.53 Å². The van der Waals surface area contributed by atoms with Crippen LogP contribution in [0.4, 0.5) is 11.4 Å². The Morgan fingerprint density at radius 3 is 2.65 bits per heavy atom. The van der Waals surface area contributed by atoms with Crippen LogP contribution in [0, 0.1) is 11.3 Å². The lowest BCUT2D eigenvalue weighted by molar-refractivity contribution is -0.132. The average Bonchev–Trinajstić information content (AvgIpc) is 3.16. The van der Waals surface area contributed by atoms with Crippen molar-refractivity contribution in [3.63, 3.8) is 0 Å². The molecule has 3 aromatic rings. The number of aromatic nitrogens is 1. The van der Waals surface area contributed by atoms with E-state index in [9.17, 15) is 24.8 Å². The van der Waals surface area contributed by atoms with Gasteiger partial charge in [-0.1, -0.05) is 62.6 Å². The van der Waals surface area contributed by atoms with Crippen LogP contribution in [-0.2, 0) is 33.9 Å². The summed E-state index contributed by atoms with van der Waals surface area (Å²) in [6.45, 7) is 2.86. The number of carbonyl (C=O) groups excluding carboxylic acids is 1. The van der Waals surface area contributed by atoms with Crippen molar-refractivity contribution in [3.05, 3.63) is 84.8 Å². The Morgan fingerprint density at radius 2 is 1.90 bits per heavy atom. The van der Waals surface area contributed by atoms with Crippen LogP contribution in [0.25, 0.3) is 17.7 Å². The summed E-state index contributed by atoms with van der Waals surface area (Å²) < 4.78 is 5.79. The van der Waals surface area contributed by atoms with Crippen LogP contribution in [-0.4, -0.2) is 28.7 Å². The number of aryl methyl sites for hydroxylation is 2. The van der Waals surface area contributed by atoms with E-state index < -0.39 is 23.8 Å². The number of benzene rings is 2. The molecule has 9 heteroatoms. The molecule has 1 aliphatic rings. The summed E-state index contributed by atoms with van der Waals surface area (Å²) in [6.07, 6.45) is 11.8. The molecule has 1 aliphatic heterocycles. The zero-order valence-electron chi connectivity index (χ0n) is 22.3. The third-order valence-corrected chi connectivity index (χ3v) is 7.98. The molecule has 0 aliphatic carbocycles. The van der Waals surface area contributed by atoms with Crippen LogP contribution in [0.5, 0.6) is 0 Å². The first-order valence-corrected chi connectivity index (χ1v) is 14.1. The van der Waals surface area contributed by atoms with Gasteiger partial charge in [0, 0.05) is 17.9 Å². The maximum Gasteiger partial charge on any atom is 0.349 e. The molecule has 0 bridgehead atoms. The number of nitrogens with zero attached hydrogens (tertiary/aromatic N) is 3. The van der Waals surface area contributed by atoms with E-state index in [4.69, 9.17) is 0 Å². The van der Waals surface area contributed by atoms with Crippen LogP contribution < -0.4 is 19.7 Å². The summed E-state index contributed by atoms with van der Waals surface area (Å²) in [4.78, 5) is 37.5. The quantitative estimate of drug-likeness (QED) is 0.279. The summed E-state index contributed by atoms with van der Waals surface area (Å²) in [5, 5.41) is 18.6. The molecule has 8 nitrogen and oxygen atoms in total. The van der Waals surface area contributed by atoms with Crippen molar-refractivity contribution in [1.82, 2.24) is 4.57 Å². The van der Waals surface area contributed by atoms with Crippen LogP contribution in [0.1, 0.15) is 49.3 Å². The zero-order chi connectivity index (χ0) is 28.5. The first-order valence-electron chi connectivity index (χ1n) is 13.3. The van der Waals surface area contributed by atoms with Gasteiger partial charge in [-0.3, -0.25) is 14.2 Å². The standard InChI is InChI=1S/C31H31N3O5S/c1-2-3-4-7-17-33-26-11-6-5-10-23(26)14-15-24-18-22(13-16-27(24)33)9-8-12-28-29(36)34(20-39-21-35)30(40-28)25(19-32)31(37)38/h5-6,8-13,16,18,21H,2-4,7,14-15,17,20H2,1H3,(H,37,38)/b9-8+,28-12+,30-25+. The Bertz CT molecular complexity index is 1640. The summed E-state index contributed by atoms with van der Waals surface area (Å²) in [7, 11) is 0. The van der Waals surface area contributed by atoms with E-state index in [1.165, 1.54) is 41.8 Å². The third kappa shape index (κ3) is 6.41. The second-order valence-corrected chi connectivity index (χ2v) is 10.5. The topological polar surface area (TPSA) is 113 Å². The zero-order valence-corrected chi connectivity index (χ0v) is 23.2. The van der Waals surface area contributed by atoms with E-state index in [-0.39, 0.29) is 15.7 Å². The van der Waals surface area contributed by atoms with E-state index in [0.717, 1.165) is 47.3 Å². The maximum absolute atomic E-state index is 12.9. The normalized spacial score (nSPS) is 13.8. The molecule has 1 aromatic heterocycles. The number of carboxylic acid groups (broad SMARTS) is 1. The molecular weight excluding hydrogens is 526 g/mol. The van der Waals surface area contributed by atoms with Gasteiger partial charge in [-0.25, -0.2) is 4.79 Å². The molecule has 4 rings (SSSR count). The molecule has 0 saturated heterocycles. The number of thiazole rings is 1. The first kappa shape index (κ1) is 28.6. The van der Waals surface area contributed by atoms with Gasteiger partial charge in [-0.15, -0.1) is 11.3 Å². The molecule has 0 spiro atoms. The molecule has 40 heavy (non-hydrogen) atoms. The van der Waals surface area contributed by atoms with Crippen molar-refractivity contribution < 1.29 is 19.4 Å². The van der Waals surface area contributed by atoms with E-state index in [1.807, 2.05) is 6.08 Å². The number of anilines is 2. The van der Waals surface area contributed by atoms with Crippen molar-refractivity contribution in [2.24, 2.45) is 0 Å². The smallest absolute Gasteiger partial charge is 0.349 e. The highest BCUT2D eigenvalue weighted by atomic mass is 32.1. The summed E-state index contributed by atoms with van der Waals surface area (Å²) >= 11 is 0.863. The molecule has 0 atom stereocenters. The van der Waals surface area contributed by atoms with Gasteiger partial charge in [0.15, 0.2) is 12.3 Å². The Hall–Kier alpha value is -4.42. The molecule has 1 N–H and O–H groups in total. The average molecular weight is 558 g/mol. The van der Waals surface area contributed by atoms with E-state index in [0.29, 0.717) is 0 Å². The van der Waals surface area contributed by atoms with Crippen molar-refractivity contribution in [2.75, 3.05) is 11.4 Å². The monoisotopic (exact) mass is 557 g/mol. The number of carboxylic acids is 1. The number of unbranched alkanes of at least 4 members (excludes halogenated alkanes) is 3. The SMILES string of the molecule is CCCCCCN1c2ccccc2CCc2cc(/C=C/C=c3/s/c(=C(\C#N)C(=O)O)n(COC=O)c3=O)ccc21. The summed E-state index contributed by atoms with van der Waals surface area (Å²) in [5.41, 5.74) is 4.94. The number of carbonyl (C=O) groups is 2. The number of fused-ring (bicyclic) bond motifs is 2. The number of rotatable bonds is 11. The first-order chi connectivity index (χ1) is 19.5. The molecule has 0 unspecified atom stereocenters. The number of ether oxygens (including phenoxy) is 1. The Kier molecular flexibility index (Phi) is 9.71. The number of hydrogen-bond acceptors (Lipinski definition) is 7. The molecule has 206 valence electrons. The maximum atomic E-state index is 12.9. The molecular formula is C31H31N3O5S. The van der Waals surface area contributed by atoms with E-state index >= 15 is 0 Å². The molecule has 0 fully saturated rings. The fraction of sp³-hybridized carbons (Fsp3) is 0.290. The molecule has 2 aromatic carbocycles. The summed E-state index contributed by atoms with van der Waals surface area (Å²) in [6, 6.07) is 16.6. The van der Waals surface area contributed by atoms with Crippen LogP contribution >= 0.6 is 11.3 Å². The second kappa shape index (κ2) is 13.6. The lowest BCUT2D eigenvalue weighted by atomic mass is 10.0. The highest BCUT2D eigenvalue weighted by Crippen LogP contribution is 2.36. The van der Waals surface area contributed by atoms with Gasteiger partial charge >= 0.3 is 5.97 Å². The molecule has 0 saturated carbocycles. The Labute approximate surface area is 236 Å². The fourth-order valence-corrected chi connectivity index (χ4v) is 5.90. The third-order valence-electron chi connectivity index (χ3n) is 6.83. The summed E-state index contributed by atoms with van der Waals surface area (Å²) in [5.74, 6) is -1.46. The minimum atomic E-state index is -1.46. The number of aliphatic carboxylic acids is 1. The molecule has 0 radical (unpaired) electrons. The minimum Gasteiger partial charge on any atom is -0.477 e. The van der Waals surface area contributed by atoms with Crippen LogP contribution in [0.2, 0.25) is 0 Å². The molecule has 0 amide bonds. The number of hydrogen-bond donors (Lipinski definition) is 1. The lowest BCUT2D eigenvalue weighted by Gasteiger charge is -2.27. The predicted octanol–water partition coefficient (Wildman–Crippen LogP) is 4.11. The second-order valence-electron chi connectivity index (χ2n) is 9.44. The number of allylic oxidation sites excluding steroid dienone is 1. The lowest BCUT2D eigenvalue weighted by Crippen LogP contribution is -2.33. The predicted molar refractivity (Wildman–Crippen MR) is 157 cm³/mol. The van der Waals surface area contributed by atoms with Gasteiger partial charge in [0.2, 0.25) is 0 Å². The van der Waals surface area contributed by atoms with Crippen molar-refractivity contribution in [1.29, 1.82) is 5.26 Å². The number of para-hydroxylation sites is 1. The molecule has 2 heterocycles. The van der Waals surface area contributed by atoms with Crippen molar-refractivity contribution >= 4 is 52.9 Å². The van der Waals surface area contributed by atoms with Gasteiger partial charge in [0.25, 0.3) is 12.0 Å². The fourth-order valence-electron chi connectivity index (χ4n) is 4.87. The van der Waals surface area contributed by atoms with Crippen molar-refractivity contribution in [2.45, 2.75) is 52.2 Å².